The largest absolute Gasteiger partial charge is 0.324 e. The molecule has 1 aromatic heterocycles. The summed E-state index contributed by atoms with van der Waals surface area (Å²) in [6.07, 6.45) is 3.24. The standard InChI is InChI=1S/C12H19N5S/c1-12(2,8-14)5-6-18-11-16-15-10(7-13)17(11)9-3-4-9/h9H,3-7,13H2,1-2H3. The summed E-state index contributed by atoms with van der Waals surface area (Å²) in [5, 5.41) is 18.3. The van der Waals surface area contributed by atoms with E-state index in [0.29, 0.717) is 12.6 Å². The molecule has 1 aliphatic rings. The van der Waals surface area contributed by atoms with E-state index in [9.17, 15) is 0 Å². The third-order valence-electron chi connectivity index (χ3n) is 3.09. The molecule has 0 aliphatic heterocycles. The average Bonchev–Trinajstić information content (AvgIpc) is 3.10. The predicted molar refractivity (Wildman–Crippen MR) is 70.9 cm³/mol. The smallest absolute Gasteiger partial charge is 0.191 e. The molecule has 0 bridgehead atoms. The van der Waals surface area contributed by atoms with E-state index in [-0.39, 0.29) is 5.41 Å². The molecule has 1 aromatic rings. The van der Waals surface area contributed by atoms with Gasteiger partial charge in [-0.15, -0.1) is 10.2 Å². The molecule has 1 heterocycles. The Morgan fingerprint density at radius 1 is 1.50 bits per heavy atom. The van der Waals surface area contributed by atoms with Crippen molar-refractivity contribution in [2.45, 2.75) is 50.9 Å². The molecule has 0 radical (unpaired) electrons. The fourth-order valence-corrected chi connectivity index (χ4v) is 2.98. The number of hydrogen-bond acceptors (Lipinski definition) is 5. The molecular weight excluding hydrogens is 246 g/mol. The van der Waals surface area contributed by atoms with Crippen LogP contribution in [0.15, 0.2) is 5.16 Å². The minimum Gasteiger partial charge on any atom is -0.324 e. The van der Waals surface area contributed by atoms with Crippen LogP contribution in [-0.2, 0) is 6.54 Å². The van der Waals surface area contributed by atoms with Crippen molar-refractivity contribution in [3.8, 4) is 6.07 Å². The second kappa shape index (κ2) is 5.29. The van der Waals surface area contributed by atoms with Gasteiger partial charge in [0.25, 0.3) is 0 Å². The van der Waals surface area contributed by atoms with E-state index in [0.717, 1.165) is 23.2 Å². The van der Waals surface area contributed by atoms with Crippen LogP contribution in [0.2, 0.25) is 0 Å². The van der Waals surface area contributed by atoms with Gasteiger partial charge in [0, 0.05) is 11.8 Å². The normalized spacial score (nSPS) is 15.7. The van der Waals surface area contributed by atoms with Gasteiger partial charge >= 0.3 is 0 Å². The lowest BCUT2D eigenvalue weighted by molar-refractivity contribution is 0.481. The van der Waals surface area contributed by atoms with Crippen molar-refractivity contribution in [1.29, 1.82) is 5.26 Å². The Hall–Kier alpha value is -1.06. The summed E-state index contributed by atoms with van der Waals surface area (Å²) in [7, 11) is 0. The van der Waals surface area contributed by atoms with Crippen molar-refractivity contribution in [3.05, 3.63) is 5.82 Å². The van der Waals surface area contributed by atoms with E-state index in [1.165, 1.54) is 12.8 Å². The SMILES string of the molecule is CC(C)(C#N)CCSc1nnc(CN)n1C1CC1. The second-order valence-corrected chi connectivity index (χ2v) is 6.36. The monoisotopic (exact) mass is 265 g/mol. The van der Waals surface area contributed by atoms with Gasteiger partial charge in [0.2, 0.25) is 0 Å². The van der Waals surface area contributed by atoms with Crippen LogP contribution in [0.1, 0.15) is 45.0 Å². The van der Waals surface area contributed by atoms with Crippen LogP contribution in [0, 0.1) is 16.7 Å². The molecule has 18 heavy (non-hydrogen) atoms. The Labute approximate surface area is 112 Å². The number of rotatable bonds is 6. The topological polar surface area (TPSA) is 80.5 Å². The highest BCUT2D eigenvalue weighted by atomic mass is 32.2. The average molecular weight is 265 g/mol. The van der Waals surface area contributed by atoms with Crippen LogP contribution >= 0.6 is 11.8 Å². The first-order chi connectivity index (χ1) is 8.57. The van der Waals surface area contributed by atoms with E-state index in [1.54, 1.807) is 11.8 Å². The molecular formula is C12H19N5S. The first kappa shape index (κ1) is 13.4. The highest BCUT2D eigenvalue weighted by molar-refractivity contribution is 7.99. The van der Waals surface area contributed by atoms with Crippen molar-refractivity contribution in [1.82, 2.24) is 14.8 Å². The maximum absolute atomic E-state index is 8.98. The summed E-state index contributed by atoms with van der Waals surface area (Å²) in [6.45, 7) is 4.36. The first-order valence-corrected chi connectivity index (χ1v) is 7.24. The van der Waals surface area contributed by atoms with E-state index >= 15 is 0 Å². The Morgan fingerprint density at radius 3 is 2.78 bits per heavy atom. The summed E-state index contributed by atoms with van der Waals surface area (Å²) < 4.78 is 2.17. The summed E-state index contributed by atoms with van der Waals surface area (Å²) in [5.41, 5.74) is 5.40. The molecule has 0 unspecified atom stereocenters. The van der Waals surface area contributed by atoms with Gasteiger partial charge in [0.1, 0.15) is 5.82 Å². The zero-order chi connectivity index (χ0) is 13.2. The van der Waals surface area contributed by atoms with E-state index in [1.807, 2.05) is 13.8 Å². The number of nitrogens with zero attached hydrogens (tertiary/aromatic N) is 4. The van der Waals surface area contributed by atoms with Gasteiger partial charge in [-0.05, 0) is 33.1 Å². The molecule has 1 fully saturated rings. The van der Waals surface area contributed by atoms with Gasteiger partial charge < -0.3 is 10.3 Å². The molecule has 1 aliphatic carbocycles. The molecule has 1 saturated carbocycles. The van der Waals surface area contributed by atoms with Gasteiger partial charge in [-0.2, -0.15) is 5.26 Å². The van der Waals surface area contributed by atoms with Crippen LogP contribution in [-0.4, -0.2) is 20.5 Å². The lowest BCUT2D eigenvalue weighted by atomic mass is 9.93. The molecule has 0 amide bonds. The number of nitrogens with two attached hydrogens (primary N) is 1. The Balaban J connectivity index is 1.98. The molecule has 6 heteroatoms. The molecule has 98 valence electrons. The molecule has 0 spiro atoms. The van der Waals surface area contributed by atoms with Crippen LogP contribution in [0.4, 0.5) is 0 Å². The van der Waals surface area contributed by atoms with Gasteiger partial charge in [0.15, 0.2) is 5.16 Å². The summed E-state index contributed by atoms with van der Waals surface area (Å²) in [5.74, 6) is 1.76. The van der Waals surface area contributed by atoms with Gasteiger partial charge in [-0.1, -0.05) is 11.8 Å². The fraction of sp³-hybridized carbons (Fsp3) is 0.750. The highest BCUT2D eigenvalue weighted by Gasteiger charge is 2.29. The second-order valence-electron chi connectivity index (χ2n) is 5.30. The number of nitriles is 1. The van der Waals surface area contributed by atoms with Crippen molar-refractivity contribution in [2.75, 3.05) is 5.75 Å². The minimum absolute atomic E-state index is 0.270. The van der Waals surface area contributed by atoms with Crippen LogP contribution in [0.25, 0.3) is 0 Å². The fourth-order valence-electron chi connectivity index (χ4n) is 1.70. The van der Waals surface area contributed by atoms with Gasteiger partial charge in [0.05, 0.1) is 18.0 Å². The molecule has 5 nitrogen and oxygen atoms in total. The van der Waals surface area contributed by atoms with E-state index < -0.39 is 0 Å². The summed E-state index contributed by atoms with van der Waals surface area (Å²) in [4.78, 5) is 0. The molecule has 2 rings (SSSR count). The predicted octanol–water partition coefficient (Wildman–Crippen LogP) is 2.10. The Kier molecular flexibility index (Phi) is 3.93. The molecule has 0 aromatic carbocycles. The maximum atomic E-state index is 8.98. The molecule has 0 saturated heterocycles. The quantitative estimate of drug-likeness (QED) is 0.797. The summed E-state index contributed by atoms with van der Waals surface area (Å²) in [6, 6.07) is 2.86. The Morgan fingerprint density at radius 2 is 2.22 bits per heavy atom. The highest BCUT2D eigenvalue weighted by Crippen LogP contribution is 2.39. The number of aromatic nitrogens is 3. The zero-order valence-electron chi connectivity index (χ0n) is 10.9. The van der Waals surface area contributed by atoms with Crippen molar-refractivity contribution < 1.29 is 0 Å². The van der Waals surface area contributed by atoms with Crippen molar-refractivity contribution in [3.63, 3.8) is 0 Å². The van der Waals surface area contributed by atoms with Crippen molar-refractivity contribution >= 4 is 11.8 Å². The molecule has 2 N–H and O–H groups in total. The van der Waals surface area contributed by atoms with E-state index in [4.69, 9.17) is 11.0 Å². The van der Waals surface area contributed by atoms with Gasteiger partial charge in [-0.25, -0.2) is 0 Å². The number of hydrogen-bond donors (Lipinski definition) is 1. The molecule has 0 atom stereocenters. The lowest BCUT2D eigenvalue weighted by Crippen LogP contribution is -2.10. The van der Waals surface area contributed by atoms with Gasteiger partial charge in [-0.3, -0.25) is 0 Å². The minimum atomic E-state index is -0.270. The zero-order valence-corrected chi connectivity index (χ0v) is 11.7. The van der Waals surface area contributed by atoms with E-state index in [2.05, 4.69) is 20.8 Å². The third-order valence-corrected chi connectivity index (χ3v) is 4.04. The van der Waals surface area contributed by atoms with Crippen molar-refractivity contribution in [2.24, 2.45) is 11.1 Å². The van der Waals surface area contributed by atoms with Crippen LogP contribution in [0.3, 0.4) is 0 Å². The van der Waals surface area contributed by atoms with Crippen LogP contribution in [0.5, 0.6) is 0 Å². The lowest BCUT2D eigenvalue weighted by Gasteiger charge is -2.14. The van der Waals surface area contributed by atoms with Crippen LogP contribution < -0.4 is 5.73 Å². The first-order valence-electron chi connectivity index (χ1n) is 6.25. The summed E-state index contributed by atoms with van der Waals surface area (Å²) >= 11 is 1.68. The maximum Gasteiger partial charge on any atom is 0.191 e. The Bertz CT molecular complexity index is 456. The number of thioether (sulfide) groups is 1. The third kappa shape index (κ3) is 3.03.